The van der Waals surface area contributed by atoms with Crippen LogP contribution in [0.2, 0.25) is 0 Å². The first kappa shape index (κ1) is 16.0. The van der Waals surface area contributed by atoms with Crippen LogP contribution in [-0.2, 0) is 0 Å². The van der Waals surface area contributed by atoms with Gasteiger partial charge in [0.1, 0.15) is 5.82 Å². The third-order valence-corrected chi connectivity index (χ3v) is 4.42. The minimum absolute atomic E-state index is 0.172. The molecule has 2 rings (SSSR count). The quantitative estimate of drug-likeness (QED) is 0.833. The highest BCUT2D eigenvalue weighted by atomic mass is 19.1. The molecule has 1 fully saturated rings. The van der Waals surface area contributed by atoms with Gasteiger partial charge in [-0.3, -0.25) is 4.79 Å². The minimum atomic E-state index is -0.423. The summed E-state index contributed by atoms with van der Waals surface area (Å²) in [6.45, 7) is 9.09. The van der Waals surface area contributed by atoms with E-state index >= 15 is 0 Å². The van der Waals surface area contributed by atoms with E-state index in [-0.39, 0.29) is 11.5 Å². The number of piperidine rings is 1. The van der Waals surface area contributed by atoms with Crippen LogP contribution in [0.4, 0.5) is 4.39 Å². The first-order valence-corrected chi connectivity index (χ1v) is 7.91. The molecule has 0 atom stereocenters. The third kappa shape index (κ3) is 4.03. The zero-order chi connectivity index (χ0) is 15.2. The zero-order valence-electron chi connectivity index (χ0n) is 13.0. The number of carbonyl (C=O) groups is 1. The molecule has 3 nitrogen and oxygen atoms in total. The normalized spacial score (nSPS) is 16.5. The summed E-state index contributed by atoms with van der Waals surface area (Å²) in [5.74, 6) is 0.0525. The first-order chi connectivity index (χ1) is 10.2. The van der Waals surface area contributed by atoms with E-state index in [1.807, 2.05) is 0 Å². The monoisotopic (exact) mass is 292 g/mol. The summed E-state index contributed by atoms with van der Waals surface area (Å²) >= 11 is 0. The van der Waals surface area contributed by atoms with Gasteiger partial charge in [0.05, 0.1) is 5.56 Å². The molecule has 1 aliphatic rings. The SMILES string of the molecule is CCN(CC)CC1CCN(C(=O)c2ccccc2F)CC1. The van der Waals surface area contributed by atoms with Crippen molar-refractivity contribution in [3.05, 3.63) is 35.6 Å². The molecule has 1 aromatic rings. The Balaban J connectivity index is 1.89. The Labute approximate surface area is 126 Å². The van der Waals surface area contributed by atoms with Crippen molar-refractivity contribution in [1.82, 2.24) is 9.80 Å². The molecular weight excluding hydrogens is 267 g/mol. The largest absolute Gasteiger partial charge is 0.339 e. The molecule has 0 bridgehead atoms. The van der Waals surface area contributed by atoms with Crippen molar-refractivity contribution in [3.63, 3.8) is 0 Å². The minimum Gasteiger partial charge on any atom is -0.339 e. The van der Waals surface area contributed by atoms with E-state index in [4.69, 9.17) is 0 Å². The lowest BCUT2D eigenvalue weighted by Gasteiger charge is -2.34. The maximum atomic E-state index is 13.7. The first-order valence-electron chi connectivity index (χ1n) is 7.91. The van der Waals surface area contributed by atoms with Gasteiger partial charge in [-0.05, 0) is 44.0 Å². The van der Waals surface area contributed by atoms with Crippen molar-refractivity contribution in [3.8, 4) is 0 Å². The second-order valence-corrected chi connectivity index (χ2v) is 5.70. The highest BCUT2D eigenvalue weighted by Crippen LogP contribution is 2.21. The number of carbonyl (C=O) groups excluding carboxylic acids is 1. The van der Waals surface area contributed by atoms with Crippen molar-refractivity contribution in [2.45, 2.75) is 26.7 Å². The Bertz CT molecular complexity index is 466. The van der Waals surface area contributed by atoms with Crippen molar-refractivity contribution < 1.29 is 9.18 Å². The van der Waals surface area contributed by atoms with Crippen LogP contribution >= 0.6 is 0 Å². The van der Waals surface area contributed by atoms with E-state index in [9.17, 15) is 9.18 Å². The summed E-state index contributed by atoms with van der Waals surface area (Å²) in [5.41, 5.74) is 0.194. The number of halogens is 1. The van der Waals surface area contributed by atoms with E-state index in [0.29, 0.717) is 5.92 Å². The fourth-order valence-electron chi connectivity index (χ4n) is 2.97. The number of likely N-dealkylation sites (tertiary alicyclic amines) is 1. The molecule has 1 heterocycles. The standard InChI is InChI=1S/C17H25FN2O/c1-3-19(4-2)13-14-9-11-20(12-10-14)17(21)15-7-5-6-8-16(15)18/h5-8,14H,3-4,9-13H2,1-2H3. The van der Waals surface area contributed by atoms with Crippen molar-refractivity contribution in [2.75, 3.05) is 32.7 Å². The molecule has 0 aliphatic carbocycles. The van der Waals surface area contributed by atoms with Gasteiger partial charge >= 0.3 is 0 Å². The van der Waals surface area contributed by atoms with Gasteiger partial charge in [0.15, 0.2) is 0 Å². The lowest BCUT2D eigenvalue weighted by Crippen LogP contribution is -2.41. The van der Waals surface area contributed by atoms with Gasteiger partial charge in [-0.1, -0.05) is 26.0 Å². The second kappa shape index (κ2) is 7.55. The van der Waals surface area contributed by atoms with Crippen molar-refractivity contribution >= 4 is 5.91 Å². The lowest BCUT2D eigenvalue weighted by molar-refractivity contribution is 0.0665. The average molecular weight is 292 g/mol. The third-order valence-electron chi connectivity index (χ3n) is 4.42. The number of hydrogen-bond acceptors (Lipinski definition) is 2. The van der Waals surface area contributed by atoms with E-state index in [2.05, 4.69) is 18.7 Å². The van der Waals surface area contributed by atoms with Gasteiger partial charge in [-0.15, -0.1) is 0 Å². The topological polar surface area (TPSA) is 23.6 Å². The molecular formula is C17H25FN2O. The van der Waals surface area contributed by atoms with Gasteiger partial charge in [-0.25, -0.2) is 4.39 Å². The Morgan fingerprint density at radius 2 is 1.86 bits per heavy atom. The van der Waals surface area contributed by atoms with Gasteiger partial charge in [0.2, 0.25) is 0 Å². The van der Waals surface area contributed by atoms with Crippen molar-refractivity contribution in [2.24, 2.45) is 5.92 Å². The Kier molecular flexibility index (Phi) is 5.74. The number of nitrogens with zero attached hydrogens (tertiary/aromatic N) is 2. The van der Waals surface area contributed by atoms with Gasteiger partial charge in [-0.2, -0.15) is 0 Å². The van der Waals surface area contributed by atoms with E-state index < -0.39 is 5.82 Å². The molecule has 1 amide bonds. The summed E-state index contributed by atoms with van der Waals surface area (Å²) in [6.07, 6.45) is 2.02. The molecule has 1 aliphatic heterocycles. The number of hydrogen-bond donors (Lipinski definition) is 0. The fraction of sp³-hybridized carbons (Fsp3) is 0.588. The van der Waals surface area contributed by atoms with Crippen LogP contribution in [0.3, 0.4) is 0 Å². The predicted octanol–water partition coefficient (Wildman–Crippen LogP) is 3.02. The average Bonchev–Trinajstić information content (AvgIpc) is 2.53. The summed E-state index contributed by atoms with van der Waals surface area (Å²) in [5, 5.41) is 0. The molecule has 0 radical (unpaired) electrons. The highest BCUT2D eigenvalue weighted by Gasteiger charge is 2.25. The summed E-state index contributed by atoms with van der Waals surface area (Å²) in [4.78, 5) is 16.6. The lowest BCUT2D eigenvalue weighted by atomic mass is 9.95. The number of amides is 1. The molecule has 1 saturated heterocycles. The molecule has 0 N–H and O–H groups in total. The highest BCUT2D eigenvalue weighted by molar-refractivity contribution is 5.94. The van der Waals surface area contributed by atoms with Crippen molar-refractivity contribution in [1.29, 1.82) is 0 Å². The molecule has 1 aromatic carbocycles. The summed E-state index contributed by atoms with van der Waals surface area (Å²) in [6, 6.07) is 6.24. The van der Waals surface area contributed by atoms with Crippen LogP contribution in [0.25, 0.3) is 0 Å². The number of benzene rings is 1. The molecule has 0 spiro atoms. The van der Waals surface area contributed by atoms with Crippen LogP contribution < -0.4 is 0 Å². The second-order valence-electron chi connectivity index (χ2n) is 5.70. The maximum absolute atomic E-state index is 13.7. The van der Waals surface area contributed by atoms with Crippen LogP contribution in [0.15, 0.2) is 24.3 Å². The zero-order valence-corrected chi connectivity index (χ0v) is 13.0. The van der Waals surface area contributed by atoms with E-state index in [1.165, 1.54) is 6.07 Å². The Morgan fingerprint density at radius 1 is 1.24 bits per heavy atom. The summed E-state index contributed by atoms with van der Waals surface area (Å²) in [7, 11) is 0. The Hall–Kier alpha value is -1.42. The van der Waals surface area contributed by atoms with Gasteiger partial charge in [0.25, 0.3) is 5.91 Å². The van der Waals surface area contributed by atoms with Crippen LogP contribution in [-0.4, -0.2) is 48.4 Å². The van der Waals surface area contributed by atoms with Gasteiger partial charge < -0.3 is 9.80 Å². The van der Waals surface area contributed by atoms with Crippen LogP contribution in [0.5, 0.6) is 0 Å². The Morgan fingerprint density at radius 3 is 2.43 bits per heavy atom. The molecule has 4 heteroatoms. The maximum Gasteiger partial charge on any atom is 0.256 e. The summed E-state index contributed by atoms with van der Waals surface area (Å²) < 4.78 is 13.7. The molecule has 0 saturated carbocycles. The molecule has 116 valence electrons. The number of rotatable bonds is 5. The molecule has 21 heavy (non-hydrogen) atoms. The van der Waals surface area contributed by atoms with Crippen LogP contribution in [0.1, 0.15) is 37.0 Å². The fourth-order valence-corrected chi connectivity index (χ4v) is 2.97. The van der Waals surface area contributed by atoms with Crippen LogP contribution in [0, 0.1) is 11.7 Å². The molecule has 0 unspecified atom stereocenters. The van der Waals surface area contributed by atoms with Gasteiger partial charge in [0, 0.05) is 19.6 Å². The van der Waals surface area contributed by atoms with E-state index in [1.54, 1.807) is 23.1 Å². The van der Waals surface area contributed by atoms with E-state index in [0.717, 1.165) is 45.6 Å². The smallest absolute Gasteiger partial charge is 0.256 e. The predicted molar refractivity (Wildman–Crippen MR) is 82.8 cm³/mol. The molecule has 0 aromatic heterocycles.